The highest BCUT2D eigenvalue weighted by molar-refractivity contribution is 6.33. The molecular formula is C16H19ClN4O. The maximum atomic E-state index is 12.3. The number of nitrogens with one attached hydrogen (secondary N) is 1. The minimum absolute atomic E-state index is 0.0856. The summed E-state index contributed by atoms with van der Waals surface area (Å²) in [5.41, 5.74) is 6.88. The molecule has 1 saturated heterocycles. The third-order valence-electron chi connectivity index (χ3n) is 3.81. The van der Waals surface area contributed by atoms with Gasteiger partial charge in [-0.3, -0.25) is 4.79 Å². The minimum Gasteiger partial charge on any atom is -0.398 e. The van der Waals surface area contributed by atoms with Crippen molar-refractivity contribution in [2.75, 3.05) is 24.1 Å². The summed E-state index contributed by atoms with van der Waals surface area (Å²) < 4.78 is 0. The first-order valence-corrected chi connectivity index (χ1v) is 7.60. The molecular weight excluding hydrogens is 300 g/mol. The molecule has 5 nitrogen and oxygen atoms in total. The van der Waals surface area contributed by atoms with Gasteiger partial charge in [-0.15, -0.1) is 0 Å². The number of amides is 1. The smallest absolute Gasteiger partial charge is 0.266 e. The quantitative estimate of drug-likeness (QED) is 0.510. The van der Waals surface area contributed by atoms with E-state index in [-0.39, 0.29) is 11.5 Å². The van der Waals surface area contributed by atoms with E-state index in [1.165, 1.54) is 6.20 Å². The average molecular weight is 319 g/mol. The van der Waals surface area contributed by atoms with Gasteiger partial charge in [0.25, 0.3) is 5.91 Å². The molecule has 116 valence electrons. The van der Waals surface area contributed by atoms with Crippen molar-refractivity contribution >= 4 is 28.9 Å². The average Bonchev–Trinajstić information content (AvgIpc) is 2.52. The molecule has 1 amide bonds. The Morgan fingerprint density at radius 2 is 2.18 bits per heavy atom. The molecule has 0 aromatic heterocycles. The van der Waals surface area contributed by atoms with Gasteiger partial charge in [-0.25, -0.2) is 0 Å². The first-order valence-electron chi connectivity index (χ1n) is 7.22. The van der Waals surface area contributed by atoms with Crippen molar-refractivity contribution < 1.29 is 4.79 Å². The zero-order valence-electron chi connectivity index (χ0n) is 12.5. The van der Waals surface area contributed by atoms with E-state index in [0.717, 1.165) is 12.8 Å². The Labute approximate surface area is 135 Å². The number of anilines is 2. The molecule has 22 heavy (non-hydrogen) atoms. The molecule has 1 aromatic rings. The third-order valence-corrected chi connectivity index (χ3v) is 4.13. The number of rotatable bonds is 3. The number of nitrogens with zero attached hydrogens (tertiary/aromatic N) is 2. The van der Waals surface area contributed by atoms with Gasteiger partial charge < -0.3 is 16.0 Å². The van der Waals surface area contributed by atoms with E-state index in [9.17, 15) is 10.1 Å². The maximum Gasteiger partial charge on any atom is 0.266 e. The van der Waals surface area contributed by atoms with Crippen molar-refractivity contribution in [1.29, 1.82) is 5.26 Å². The maximum absolute atomic E-state index is 12.3. The van der Waals surface area contributed by atoms with E-state index < -0.39 is 0 Å². The van der Waals surface area contributed by atoms with Gasteiger partial charge in [0.1, 0.15) is 11.6 Å². The van der Waals surface area contributed by atoms with E-state index in [1.54, 1.807) is 23.1 Å². The van der Waals surface area contributed by atoms with Gasteiger partial charge >= 0.3 is 0 Å². The summed E-state index contributed by atoms with van der Waals surface area (Å²) >= 11 is 5.94. The van der Waals surface area contributed by atoms with Crippen LogP contribution in [0, 0.1) is 17.2 Å². The predicted molar refractivity (Wildman–Crippen MR) is 88.2 cm³/mol. The predicted octanol–water partition coefficient (Wildman–Crippen LogP) is 3.00. The molecule has 6 heteroatoms. The Morgan fingerprint density at radius 1 is 1.50 bits per heavy atom. The van der Waals surface area contributed by atoms with Crippen LogP contribution in [0.4, 0.5) is 11.4 Å². The van der Waals surface area contributed by atoms with Gasteiger partial charge in [-0.05, 0) is 37.0 Å². The Morgan fingerprint density at radius 3 is 2.77 bits per heavy atom. The number of nitriles is 1. The zero-order valence-corrected chi connectivity index (χ0v) is 13.2. The van der Waals surface area contributed by atoms with Crippen LogP contribution in [0.25, 0.3) is 0 Å². The molecule has 0 bridgehead atoms. The monoisotopic (exact) mass is 318 g/mol. The number of hydrogen-bond acceptors (Lipinski definition) is 4. The number of likely N-dealkylation sites (tertiary alicyclic amines) is 1. The van der Waals surface area contributed by atoms with E-state index in [0.29, 0.717) is 35.4 Å². The largest absolute Gasteiger partial charge is 0.398 e. The molecule has 1 fully saturated rings. The molecule has 1 aliphatic rings. The summed E-state index contributed by atoms with van der Waals surface area (Å²) in [6.45, 7) is 3.58. The van der Waals surface area contributed by atoms with Crippen LogP contribution in [0.3, 0.4) is 0 Å². The molecule has 0 saturated carbocycles. The van der Waals surface area contributed by atoms with E-state index in [2.05, 4.69) is 12.2 Å². The van der Waals surface area contributed by atoms with Gasteiger partial charge in [0.15, 0.2) is 0 Å². The number of benzene rings is 1. The molecule has 1 aliphatic heterocycles. The standard InChI is InChI=1S/C16H19ClN4O/c1-11-4-6-21(7-5-11)16(22)12(9-18)10-20-13-2-3-15(19)14(17)8-13/h2-3,8,10-11,20H,4-7,19H2,1H3/b12-10-. The zero-order chi connectivity index (χ0) is 16.1. The van der Waals surface area contributed by atoms with Gasteiger partial charge in [-0.1, -0.05) is 18.5 Å². The number of carbonyl (C=O) groups excluding carboxylic acids is 1. The lowest BCUT2D eigenvalue weighted by Crippen LogP contribution is -2.38. The number of hydrogen-bond donors (Lipinski definition) is 2. The number of carbonyl (C=O) groups is 1. The highest BCUT2D eigenvalue weighted by Crippen LogP contribution is 2.23. The number of piperidine rings is 1. The second kappa shape index (κ2) is 7.19. The second-order valence-corrected chi connectivity index (χ2v) is 5.93. The van der Waals surface area contributed by atoms with E-state index in [4.69, 9.17) is 17.3 Å². The van der Waals surface area contributed by atoms with Crippen LogP contribution in [-0.2, 0) is 4.79 Å². The fourth-order valence-electron chi connectivity index (χ4n) is 2.30. The van der Waals surface area contributed by atoms with Crippen LogP contribution < -0.4 is 11.1 Å². The van der Waals surface area contributed by atoms with Crippen LogP contribution in [0.15, 0.2) is 30.0 Å². The Hall–Kier alpha value is -2.19. The first kappa shape index (κ1) is 16.2. The van der Waals surface area contributed by atoms with Crippen molar-refractivity contribution in [2.24, 2.45) is 5.92 Å². The fraction of sp³-hybridized carbons (Fsp3) is 0.375. The van der Waals surface area contributed by atoms with Crippen molar-refractivity contribution in [2.45, 2.75) is 19.8 Å². The molecule has 1 heterocycles. The topological polar surface area (TPSA) is 82.2 Å². The Bertz CT molecular complexity index is 628. The number of nitrogen functional groups attached to an aromatic ring is 1. The summed E-state index contributed by atoms with van der Waals surface area (Å²) in [6.07, 6.45) is 3.37. The van der Waals surface area contributed by atoms with Gasteiger partial charge in [0.05, 0.1) is 10.7 Å². The molecule has 3 N–H and O–H groups in total. The molecule has 0 radical (unpaired) electrons. The molecule has 1 aromatic carbocycles. The van der Waals surface area contributed by atoms with Crippen LogP contribution in [0.2, 0.25) is 5.02 Å². The Kier molecular flexibility index (Phi) is 5.29. The molecule has 2 rings (SSSR count). The summed E-state index contributed by atoms with van der Waals surface area (Å²) in [4.78, 5) is 14.1. The summed E-state index contributed by atoms with van der Waals surface area (Å²) in [6, 6.07) is 7.01. The lowest BCUT2D eigenvalue weighted by atomic mass is 9.99. The Balaban J connectivity index is 2.05. The van der Waals surface area contributed by atoms with E-state index >= 15 is 0 Å². The van der Waals surface area contributed by atoms with Crippen LogP contribution >= 0.6 is 11.6 Å². The fourth-order valence-corrected chi connectivity index (χ4v) is 2.48. The lowest BCUT2D eigenvalue weighted by molar-refractivity contribution is -0.128. The van der Waals surface area contributed by atoms with Crippen molar-refractivity contribution in [3.8, 4) is 6.07 Å². The number of halogens is 1. The first-order chi connectivity index (χ1) is 10.5. The summed E-state index contributed by atoms with van der Waals surface area (Å²) in [7, 11) is 0. The third kappa shape index (κ3) is 3.92. The highest BCUT2D eigenvalue weighted by Gasteiger charge is 2.22. The molecule has 0 unspecified atom stereocenters. The normalized spacial score (nSPS) is 16.2. The van der Waals surface area contributed by atoms with Crippen molar-refractivity contribution in [3.05, 3.63) is 35.0 Å². The lowest BCUT2D eigenvalue weighted by Gasteiger charge is -2.30. The van der Waals surface area contributed by atoms with Gasteiger partial charge in [0.2, 0.25) is 0 Å². The van der Waals surface area contributed by atoms with Crippen LogP contribution in [-0.4, -0.2) is 23.9 Å². The van der Waals surface area contributed by atoms with E-state index in [1.807, 2.05) is 6.07 Å². The summed E-state index contributed by atoms with van der Waals surface area (Å²) in [5, 5.41) is 12.5. The van der Waals surface area contributed by atoms with Crippen LogP contribution in [0.5, 0.6) is 0 Å². The van der Waals surface area contributed by atoms with Gasteiger partial charge in [-0.2, -0.15) is 5.26 Å². The molecule has 0 atom stereocenters. The van der Waals surface area contributed by atoms with Crippen molar-refractivity contribution in [1.82, 2.24) is 4.90 Å². The summed E-state index contributed by atoms with van der Waals surface area (Å²) in [5.74, 6) is 0.400. The molecule has 0 aliphatic carbocycles. The van der Waals surface area contributed by atoms with Crippen LogP contribution in [0.1, 0.15) is 19.8 Å². The minimum atomic E-state index is -0.233. The SMILES string of the molecule is CC1CCN(C(=O)/C(C#N)=C\Nc2ccc(N)c(Cl)c2)CC1. The highest BCUT2D eigenvalue weighted by atomic mass is 35.5. The van der Waals surface area contributed by atoms with Crippen molar-refractivity contribution in [3.63, 3.8) is 0 Å². The molecule has 0 spiro atoms. The number of nitrogens with two attached hydrogens (primary N) is 1. The second-order valence-electron chi connectivity index (χ2n) is 5.53. The van der Waals surface area contributed by atoms with Gasteiger partial charge in [0, 0.05) is 25.0 Å².